The zero-order valence-electron chi connectivity index (χ0n) is 9.04. The van der Waals surface area contributed by atoms with E-state index in [1.807, 2.05) is 0 Å². The Hall–Kier alpha value is -0.940. The van der Waals surface area contributed by atoms with Gasteiger partial charge in [-0.05, 0) is 0 Å². The standard InChI is InChI=1S/C11H13NO2S2/c1-12(2)10(14)11(15,16)9(13)8-6-4-3-5-7-8/h3-7,15-16H,1-2H3. The van der Waals surface area contributed by atoms with Crippen LogP contribution in [0, 0.1) is 0 Å². The smallest absolute Gasteiger partial charge is 0.256 e. The van der Waals surface area contributed by atoms with Crippen molar-refractivity contribution in [2.45, 2.75) is 4.08 Å². The summed E-state index contributed by atoms with van der Waals surface area (Å²) in [5.74, 6) is -0.869. The molecule has 1 aromatic carbocycles. The lowest BCUT2D eigenvalue weighted by Gasteiger charge is -2.23. The molecule has 16 heavy (non-hydrogen) atoms. The Labute approximate surface area is 106 Å². The van der Waals surface area contributed by atoms with Crippen molar-refractivity contribution in [2.24, 2.45) is 0 Å². The zero-order valence-corrected chi connectivity index (χ0v) is 10.8. The van der Waals surface area contributed by atoms with Crippen molar-refractivity contribution in [3.05, 3.63) is 35.9 Å². The first-order valence-electron chi connectivity index (χ1n) is 4.63. The van der Waals surface area contributed by atoms with Crippen LogP contribution in [-0.4, -0.2) is 34.8 Å². The van der Waals surface area contributed by atoms with Gasteiger partial charge in [0.15, 0.2) is 9.86 Å². The van der Waals surface area contributed by atoms with Crippen LogP contribution < -0.4 is 0 Å². The van der Waals surface area contributed by atoms with Gasteiger partial charge in [0.1, 0.15) is 0 Å². The summed E-state index contributed by atoms with van der Waals surface area (Å²) in [7, 11) is 3.11. The fourth-order valence-corrected chi connectivity index (χ4v) is 1.86. The van der Waals surface area contributed by atoms with Gasteiger partial charge in [0.05, 0.1) is 0 Å². The van der Waals surface area contributed by atoms with E-state index in [1.165, 1.54) is 4.90 Å². The first-order valence-corrected chi connectivity index (χ1v) is 5.53. The fourth-order valence-electron chi connectivity index (χ4n) is 1.20. The predicted molar refractivity (Wildman–Crippen MR) is 70.2 cm³/mol. The second kappa shape index (κ2) is 4.93. The lowest BCUT2D eigenvalue weighted by atomic mass is 10.1. The highest BCUT2D eigenvalue weighted by molar-refractivity contribution is 8.03. The summed E-state index contributed by atoms with van der Waals surface area (Å²) in [5, 5.41) is 0. The number of carbonyl (C=O) groups excluding carboxylic acids is 2. The number of ketones is 1. The van der Waals surface area contributed by atoms with Crippen molar-refractivity contribution < 1.29 is 9.59 Å². The van der Waals surface area contributed by atoms with Crippen molar-refractivity contribution in [3.63, 3.8) is 0 Å². The van der Waals surface area contributed by atoms with E-state index < -0.39 is 15.8 Å². The van der Waals surface area contributed by atoms with E-state index in [0.717, 1.165) is 0 Å². The highest BCUT2D eigenvalue weighted by Gasteiger charge is 2.40. The number of hydrogen-bond acceptors (Lipinski definition) is 4. The lowest BCUT2D eigenvalue weighted by molar-refractivity contribution is -0.127. The summed E-state index contributed by atoms with van der Waals surface area (Å²) in [6.45, 7) is 0. The van der Waals surface area contributed by atoms with E-state index in [4.69, 9.17) is 0 Å². The number of benzene rings is 1. The first kappa shape index (κ1) is 13.1. The normalized spacial score (nSPS) is 11.0. The second-order valence-electron chi connectivity index (χ2n) is 3.57. The third kappa shape index (κ3) is 2.59. The molecule has 0 unspecified atom stereocenters. The number of Topliss-reactive ketones (excluding diaryl/α,β-unsaturated/α-hetero) is 1. The molecule has 0 spiro atoms. The quantitative estimate of drug-likeness (QED) is 0.372. The average Bonchev–Trinajstić information content (AvgIpc) is 2.28. The third-order valence-electron chi connectivity index (χ3n) is 2.06. The molecule has 0 bridgehead atoms. The molecule has 0 N–H and O–H groups in total. The van der Waals surface area contributed by atoms with Gasteiger partial charge in [-0.25, -0.2) is 0 Å². The van der Waals surface area contributed by atoms with Crippen LogP contribution in [0.3, 0.4) is 0 Å². The predicted octanol–water partition coefficient (Wildman–Crippen LogP) is 1.51. The van der Waals surface area contributed by atoms with Crippen molar-refractivity contribution in [1.82, 2.24) is 4.90 Å². The van der Waals surface area contributed by atoms with Crippen molar-refractivity contribution in [1.29, 1.82) is 0 Å². The molecule has 1 amide bonds. The molecule has 0 saturated heterocycles. The summed E-state index contributed by atoms with van der Waals surface area (Å²) in [6.07, 6.45) is 0. The number of rotatable bonds is 3. The largest absolute Gasteiger partial charge is 0.346 e. The summed E-state index contributed by atoms with van der Waals surface area (Å²) < 4.78 is -1.62. The number of carbonyl (C=O) groups is 2. The van der Waals surface area contributed by atoms with Crippen molar-refractivity contribution in [2.75, 3.05) is 14.1 Å². The Kier molecular flexibility index (Phi) is 4.04. The molecule has 0 aliphatic heterocycles. The highest BCUT2D eigenvalue weighted by Crippen LogP contribution is 2.26. The van der Waals surface area contributed by atoms with Crippen LogP contribution in [-0.2, 0) is 4.79 Å². The molecular formula is C11H13NO2S2. The fraction of sp³-hybridized carbons (Fsp3) is 0.273. The van der Waals surface area contributed by atoms with Crippen LogP contribution in [0.25, 0.3) is 0 Å². The van der Waals surface area contributed by atoms with E-state index >= 15 is 0 Å². The number of thiol groups is 2. The first-order chi connectivity index (χ1) is 7.37. The molecule has 0 aromatic heterocycles. The van der Waals surface area contributed by atoms with Gasteiger partial charge in [0.25, 0.3) is 5.91 Å². The van der Waals surface area contributed by atoms with Gasteiger partial charge < -0.3 is 4.90 Å². The Balaban J connectivity index is 3.02. The number of hydrogen-bond donors (Lipinski definition) is 2. The van der Waals surface area contributed by atoms with Crippen LogP contribution in [0.15, 0.2) is 30.3 Å². The number of amides is 1. The average molecular weight is 255 g/mol. The molecule has 0 fully saturated rings. The van der Waals surface area contributed by atoms with Gasteiger partial charge in [-0.15, -0.1) is 25.3 Å². The minimum Gasteiger partial charge on any atom is -0.346 e. The Bertz CT molecular complexity index is 402. The van der Waals surface area contributed by atoms with Gasteiger partial charge in [0.2, 0.25) is 0 Å². The molecular weight excluding hydrogens is 242 g/mol. The molecule has 5 heteroatoms. The molecule has 0 atom stereocenters. The van der Waals surface area contributed by atoms with E-state index in [0.29, 0.717) is 5.56 Å². The van der Waals surface area contributed by atoms with E-state index in [2.05, 4.69) is 25.3 Å². The lowest BCUT2D eigenvalue weighted by Crippen LogP contribution is -2.43. The maximum atomic E-state index is 12.0. The van der Waals surface area contributed by atoms with Crippen molar-refractivity contribution in [3.8, 4) is 0 Å². The monoisotopic (exact) mass is 255 g/mol. The van der Waals surface area contributed by atoms with Gasteiger partial charge in [-0.2, -0.15) is 0 Å². The molecule has 0 heterocycles. The van der Waals surface area contributed by atoms with E-state index in [1.54, 1.807) is 44.4 Å². The van der Waals surface area contributed by atoms with Gasteiger partial charge >= 0.3 is 0 Å². The zero-order chi connectivity index (χ0) is 12.3. The summed E-state index contributed by atoms with van der Waals surface area (Å²) in [5.41, 5.74) is 0.419. The molecule has 0 aliphatic carbocycles. The van der Waals surface area contributed by atoms with Crippen LogP contribution in [0.1, 0.15) is 10.4 Å². The Morgan fingerprint density at radius 1 is 1.12 bits per heavy atom. The van der Waals surface area contributed by atoms with E-state index in [9.17, 15) is 9.59 Å². The Morgan fingerprint density at radius 2 is 1.62 bits per heavy atom. The molecule has 0 radical (unpaired) electrons. The minimum atomic E-state index is -1.62. The molecule has 1 rings (SSSR count). The van der Waals surface area contributed by atoms with Gasteiger partial charge in [-0.1, -0.05) is 30.3 Å². The molecule has 0 saturated carbocycles. The minimum absolute atomic E-state index is 0.418. The van der Waals surface area contributed by atoms with Crippen molar-refractivity contribution >= 4 is 36.9 Å². The summed E-state index contributed by atoms with van der Waals surface area (Å²) >= 11 is 8.10. The maximum Gasteiger partial charge on any atom is 0.256 e. The van der Waals surface area contributed by atoms with Gasteiger partial charge in [-0.3, -0.25) is 9.59 Å². The van der Waals surface area contributed by atoms with Crippen LogP contribution in [0.2, 0.25) is 0 Å². The Morgan fingerprint density at radius 3 is 2.06 bits per heavy atom. The molecule has 3 nitrogen and oxygen atoms in total. The molecule has 1 aromatic rings. The summed E-state index contributed by atoms with van der Waals surface area (Å²) in [4.78, 5) is 25.0. The van der Waals surface area contributed by atoms with Crippen LogP contribution in [0.4, 0.5) is 0 Å². The third-order valence-corrected chi connectivity index (χ3v) is 2.85. The van der Waals surface area contributed by atoms with E-state index in [-0.39, 0.29) is 0 Å². The summed E-state index contributed by atoms with van der Waals surface area (Å²) in [6, 6.07) is 8.51. The van der Waals surface area contributed by atoms with Gasteiger partial charge in [0, 0.05) is 19.7 Å². The SMILES string of the molecule is CN(C)C(=O)C(S)(S)C(=O)c1ccccc1. The molecule has 86 valence electrons. The number of nitrogens with zero attached hydrogens (tertiary/aromatic N) is 1. The topological polar surface area (TPSA) is 37.4 Å². The molecule has 0 aliphatic rings. The highest BCUT2D eigenvalue weighted by atomic mass is 32.2. The second-order valence-corrected chi connectivity index (χ2v) is 5.26. The maximum absolute atomic E-state index is 12.0. The van der Waals surface area contributed by atoms with Crippen LogP contribution in [0.5, 0.6) is 0 Å². The van der Waals surface area contributed by atoms with Crippen LogP contribution >= 0.6 is 25.3 Å².